The van der Waals surface area contributed by atoms with Crippen molar-refractivity contribution in [1.29, 1.82) is 0 Å². The van der Waals surface area contributed by atoms with Crippen LogP contribution in [0.3, 0.4) is 0 Å². The maximum Gasteiger partial charge on any atom is 0.214 e. The molecular formula is C12H24N2O2S. The number of sulfonamides is 1. The summed E-state index contributed by atoms with van der Waals surface area (Å²) in [6.07, 6.45) is 4.08. The second-order valence-corrected chi connectivity index (χ2v) is 7.33. The monoisotopic (exact) mass is 260 g/mol. The third-order valence-corrected chi connectivity index (χ3v) is 5.97. The van der Waals surface area contributed by atoms with E-state index in [0.29, 0.717) is 24.3 Å². The fourth-order valence-electron chi connectivity index (χ4n) is 2.48. The Morgan fingerprint density at radius 2 is 1.94 bits per heavy atom. The van der Waals surface area contributed by atoms with Crippen molar-refractivity contribution >= 4 is 10.0 Å². The second kappa shape index (κ2) is 5.24. The second-order valence-electron chi connectivity index (χ2n) is 5.37. The van der Waals surface area contributed by atoms with E-state index in [2.05, 4.69) is 19.2 Å². The molecule has 4 nitrogen and oxygen atoms in total. The number of rotatable bonds is 5. The molecule has 100 valence electrons. The van der Waals surface area contributed by atoms with E-state index in [1.807, 2.05) is 0 Å². The first-order valence-electron chi connectivity index (χ1n) is 6.79. The Morgan fingerprint density at radius 3 is 2.47 bits per heavy atom. The van der Waals surface area contributed by atoms with Gasteiger partial charge in [0.05, 0.1) is 5.75 Å². The summed E-state index contributed by atoms with van der Waals surface area (Å²) < 4.78 is 26.5. The summed E-state index contributed by atoms with van der Waals surface area (Å²) in [5.74, 6) is 0.812. The van der Waals surface area contributed by atoms with Crippen LogP contribution in [0.2, 0.25) is 0 Å². The van der Waals surface area contributed by atoms with Crippen molar-refractivity contribution in [3.8, 4) is 0 Å². The Labute approximate surface area is 105 Å². The molecule has 0 aromatic heterocycles. The highest BCUT2D eigenvalue weighted by atomic mass is 32.2. The predicted octanol–water partition coefficient (Wildman–Crippen LogP) is 1.19. The fraction of sp³-hybridized carbons (Fsp3) is 1.00. The number of hydrogen-bond acceptors (Lipinski definition) is 3. The SMILES string of the molecule is CCC1CN(S(=O)(=O)CC2CC2)C(CC)CN1. The van der Waals surface area contributed by atoms with Gasteiger partial charge in [0.15, 0.2) is 0 Å². The molecule has 2 aliphatic rings. The Hall–Kier alpha value is -0.130. The summed E-state index contributed by atoms with van der Waals surface area (Å²) >= 11 is 0. The third kappa shape index (κ3) is 3.20. The van der Waals surface area contributed by atoms with Crippen LogP contribution in [-0.4, -0.2) is 43.6 Å². The van der Waals surface area contributed by atoms with Gasteiger partial charge in [0.25, 0.3) is 0 Å². The molecule has 1 heterocycles. The van der Waals surface area contributed by atoms with E-state index in [0.717, 1.165) is 32.2 Å². The Balaban J connectivity index is 2.07. The van der Waals surface area contributed by atoms with Gasteiger partial charge < -0.3 is 5.32 Å². The Bertz CT molecular complexity index is 352. The first kappa shape index (κ1) is 13.3. The smallest absolute Gasteiger partial charge is 0.214 e. The van der Waals surface area contributed by atoms with Crippen molar-refractivity contribution in [3.63, 3.8) is 0 Å². The minimum atomic E-state index is -3.03. The van der Waals surface area contributed by atoms with E-state index < -0.39 is 10.0 Å². The van der Waals surface area contributed by atoms with Crippen LogP contribution in [0.15, 0.2) is 0 Å². The van der Waals surface area contributed by atoms with Gasteiger partial charge in [0.1, 0.15) is 0 Å². The standard InChI is InChI=1S/C12H24N2O2S/c1-3-11-8-14(12(4-2)7-13-11)17(15,16)9-10-5-6-10/h10-13H,3-9H2,1-2H3. The van der Waals surface area contributed by atoms with Crippen LogP contribution >= 0.6 is 0 Å². The molecule has 0 aromatic carbocycles. The molecule has 2 atom stereocenters. The lowest BCUT2D eigenvalue weighted by molar-refractivity contribution is 0.215. The molecule has 2 unspecified atom stereocenters. The summed E-state index contributed by atoms with van der Waals surface area (Å²) in [6.45, 7) is 5.64. The van der Waals surface area contributed by atoms with Crippen LogP contribution in [0.25, 0.3) is 0 Å². The maximum atomic E-state index is 12.4. The van der Waals surface area contributed by atoms with Gasteiger partial charge in [-0.05, 0) is 31.6 Å². The van der Waals surface area contributed by atoms with Gasteiger partial charge >= 0.3 is 0 Å². The van der Waals surface area contributed by atoms with Crippen molar-refractivity contribution < 1.29 is 8.42 Å². The van der Waals surface area contributed by atoms with Gasteiger partial charge in [-0.25, -0.2) is 8.42 Å². The van der Waals surface area contributed by atoms with Crippen molar-refractivity contribution in [1.82, 2.24) is 9.62 Å². The minimum Gasteiger partial charge on any atom is -0.311 e. The molecule has 0 bridgehead atoms. The van der Waals surface area contributed by atoms with Gasteiger partial charge in [-0.3, -0.25) is 0 Å². The lowest BCUT2D eigenvalue weighted by Gasteiger charge is -2.39. The zero-order valence-electron chi connectivity index (χ0n) is 10.9. The van der Waals surface area contributed by atoms with Gasteiger partial charge in [0, 0.05) is 25.2 Å². The normalized spacial score (nSPS) is 31.6. The number of hydrogen-bond donors (Lipinski definition) is 1. The molecule has 0 amide bonds. The molecule has 0 radical (unpaired) electrons. The quantitative estimate of drug-likeness (QED) is 0.808. The average molecular weight is 260 g/mol. The molecule has 1 saturated heterocycles. The van der Waals surface area contributed by atoms with Gasteiger partial charge in [-0.2, -0.15) is 4.31 Å². The van der Waals surface area contributed by atoms with E-state index in [-0.39, 0.29) is 6.04 Å². The Morgan fingerprint density at radius 1 is 1.24 bits per heavy atom. The highest BCUT2D eigenvalue weighted by Crippen LogP contribution is 2.32. The van der Waals surface area contributed by atoms with Crippen LogP contribution in [0.5, 0.6) is 0 Å². The number of piperazine rings is 1. The van der Waals surface area contributed by atoms with Crippen molar-refractivity contribution in [2.45, 2.75) is 51.6 Å². The summed E-state index contributed by atoms with van der Waals surface area (Å²) in [4.78, 5) is 0. The molecule has 1 N–H and O–H groups in total. The van der Waals surface area contributed by atoms with Gasteiger partial charge in [-0.1, -0.05) is 13.8 Å². The highest BCUT2D eigenvalue weighted by molar-refractivity contribution is 7.89. The van der Waals surface area contributed by atoms with Crippen LogP contribution in [0, 0.1) is 5.92 Å². The molecule has 0 spiro atoms. The molecular weight excluding hydrogens is 236 g/mol. The van der Waals surface area contributed by atoms with Crippen molar-refractivity contribution in [2.24, 2.45) is 5.92 Å². The molecule has 0 aromatic rings. The summed E-state index contributed by atoms with van der Waals surface area (Å²) in [5.41, 5.74) is 0. The minimum absolute atomic E-state index is 0.154. The van der Waals surface area contributed by atoms with Crippen molar-refractivity contribution in [2.75, 3.05) is 18.8 Å². The lowest BCUT2D eigenvalue weighted by Crippen LogP contribution is -2.58. The molecule has 2 rings (SSSR count). The summed E-state index contributed by atoms with van der Waals surface area (Å²) in [5, 5.41) is 3.43. The maximum absolute atomic E-state index is 12.4. The van der Waals surface area contributed by atoms with Crippen LogP contribution in [-0.2, 0) is 10.0 Å². The molecule has 5 heteroatoms. The van der Waals surface area contributed by atoms with Crippen LogP contribution in [0.1, 0.15) is 39.5 Å². The third-order valence-electron chi connectivity index (χ3n) is 3.91. The van der Waals surface area contributed by atoms with Crippen LogP contribution in [0.4, 0.5) is 0 Å². The molecule has 17 heavy (non-hydrogen) atoms. The molecule has 1 aliphatic carbocycles. The predicted molar refractivity (Wildman–Crippen MR) is 69.4 cm³/mol. The van der Waals surface area contributed by atoms with Crippen molar-refractivity contribution in [3.05, 3.63) is 0 Å². The zero-order chi connectivity index (χ0) is 12.5. The van der Waals surface area contributed by atoms with E-state index in [1.54, 1.807) is 4.31 Å². The first-order valence-corrected chi connectivity index (χ1v) is 8.40. The summed E-state index contributed by atoms with van der Waals surface area (Å²) in [6, 6.07) is 0.480. The number of nitrogens with zero attached hydrogens (tertiary/aromatic N) is 1. The molecule has 1 saturated carbocycles. The van der Waals surface area contributed by atoms with Crippen LogP contribution < -0.4 is 5.32 Å². The van der Waals surface area contributed by atoms with Gasteiger partial charge in [0.2, 0.25) is 10.0 Å². The largest absolute Gasteiger partial charge is 0.311 e. The molecule has 2 fully saturated rings. The highest BCUT2D eigenvalue weighted by Gasteiger charge is 2.37. The van der Waals surface area contributed by atoms with Gasteiger partial charge in [-0.15, -0.1) is 0 Å². The average Bonchev–Trinajstić information content (AvgIpc) is 3.11. The topological polar surface area (TPSA) is 49.4 Å². The Kier molecular flexibility index (Phi) is 4.10. The van der Waals surface area contributed by atoms with E-state index in [4.69, 9.17) is 0 Å². The summed E-state index contributed by atoms with van der Waals surface area (Å²) in [7, 11) is -3.03. The van der Waals surface area contributed by atoms with E-state index >= 15 is 0 Å². The zero-order valence-corrected chi connectivity index (χ0v) is 11.7. The first-order chi connectivity index (χ1) is 8.06. The van der Waals surface area contributed by atoms with E-state index in [9.17, 15) is 8.42 Å². The number of nitrogens with one attached hydrogen (secondary N) is 1. The molecule has 1 aliphatic heterocycles. The fourth-order valence-corrected chi connectivity index (χ4v) is 4.68. The lowest BCUT2D eigenvalue weighted by atomic mass is 10.1. The van der Waals surface area contributed by atoms with E-state index in [1.165, 1.54) is 0 Å².